The van der Waals surface area contributed by atoms with Crippen molar-refractivity contribution in [3.63, 3.8) is 0 Å². The first-order chi connectivity index (χ1) is 11.2. The van der Waals surface area contributed by atoms with Gasteiger partial charge in [-0.25, -0.2) is 9.59 Å². The van der Waals surface area contributed by atoms with Gasteiger partial charge in [-0.15, -0.1) is 0 Å². The van der Waals surface area contributed by atoms with Gasteiger partial charge in [0.2, 0.25) is 0 Å². The normalized spacial score (nSPS) is 17.5. The highest BCUT2D eigenvalue weighted by atomic mass is 19.3. The number of hydrogen-bond acceptors (Lipinski definition) is 4. The fourth-order valence-electron chi connectivity index (χ4n) is 2.75. The highest BCUT2D eigenvalue weighted by Crippen LogP contribution is 2.33. The van der Waals surface area contributed by atoms with E-state index in [0.717, 1.165) is 0 Å². The van der Waals surface area contributed by atoms with Crippen LogP contribution in [0.2, 0.25) is 0 Å². The second kappa shape index (κ2) is 6.86. The van der Waals surface area contributed by atoms with Gasteiger partial charge in [-0.3, -0.25) is 0 Å². The van der Waals surface area contributed by atoms with E-state index < -0.39 is 24.7 Å². The quantitative estimate of drug-likeness (QED) is 0.826. The van der Waals surface area contributed by atoms with Crippen LogP contribution in [0.3, 0.4) is 0 Å². The third-order valence-electron chi connectivity index (χ3n) is 3.70. The molecule has 0 spiro atoms. The molecule has 2 N–H and O–H groups in total. The largest absolute Gasteiger partial charge is 0.466 e. The van der Waals surface area contributed by atoms with Crippen molar-refractivity contribution >= 4 is 12.0 Å². The molecule has 8 heteroatoms. The molecule has 1 aliphatic heterocycles. The highest BCUT2D eigenvalue weighted by Gasteiger charge is 2.32. The maximum absolute atomic E-state index is 12.5. The van der Waals surface area contributed by atoms with E-state index in [1.54, 1.807) is 32.9 Å². The molecule has 1 heterocycles. The van der Waals surface area contributed by atoms with Gasteiger partial charge in [0.05, 0.1) is 18.7 Å². The zero-order chi connectivity index (χ0) is 18.0. The molecule has 0 unspecified atom stereocenters. The molecular formula is C16H18F2N2O4. The molecule has 6 nitrogen and oxygen atoms in total. The third-order valence-corrected chi connectivity index (χ3v) is 3.70. The first-order valence-electron chi connectivity index (χ1n) is 7.17. The van der Waals surface area contributed by atoms with E-state index >= 15 is 0 Å². The van der Waals surface area contributed by atoms with E-state index in [0.29, 0.717) is 22.4 Å². The predicted molar refractivity (Wildman–Crippen MR) is 81.7 cm³/mol. The summed E-state index contributed by atoms with van der Waals surface area (Å²) in [6.07, 6.45) is 0. The van der Waals surface area contributed by atoms with Crippen LogP contribution in [0.1, 0.15) is 29.7 Å². The number of nitrogens with one attached hydrogen (secondary N) is 2. The Morgan fingerprint density at radius 1 is 1.21 bits per heavy atom. The lowest BCUT2D eigenvalue weighted by Gasteiger charge is -2.28. The van der Waals surface area contributed by atoms with Crippen LogP contribution in [0.4, 0.5) is 13.6 Å². The van der Waals surface area contributed by atoms with Gasteiger partial charge >= 0.3 is 18.6 Å². The van der Waals surface area contributed by atoms with Crippen molar-refractivity contribution in [3.8, 4) is 5.75 Å². The van der Waals surface area contributed by atoms with Crippen molar-refractivity contribution in [2.45, 2.75) is 33.4 Å². The van der Waals surface area contributed by atoms with E-state index in [4.69, 9.17) is 4.74 Å². The molecule has 0 radical (unpaired) electrons. The number of methoxy groups -OCH3 is 1. The van der Waals surface area contributed by atoms with E-state index in [-0.39, 0.29) is 11.3 Å². The molecule has 1 atom stereocenters. The first kappa shape index (κ1) is 17.7. The SMILES string of the molecule is COC(=O)C1=C(C)NC(=O)N[C@@H]1c1cc(C)c(OC(F)F)c(C)c1. The van der Waals surface area contributed by atoms with Crippen molar-refractivity contribution in [2.75, 3.05) is 7.11 Å². The van der Waals surface area contributed by atoms with E-state index in [9.17, 15) is 18.4 Å². The number of aryl methyl sites for hydroxylation is 2. The molecule has 0 saturated heterocycles. The monoisotopic (exact) mass is 340 g/mol. The van der Waals surface area contributed by atoms with E-state index in [1.807, 2.05) is 0 Å². The lowest BCUT2D eigenvalue weighted by Crippen LogP contribution is -2.45. The molecule has 2 amide bonds. The summed E-state index contributed by atoms with van der Waals surface area (Å²) in [6.45, 7) is 1.89. The molecule has 1 aliphatic rings. The number of alkyl halides is 2. The maximum Gasteiger partial charge on any atom is 0.387 e. The minimum atomic E-state index is -2.93. The zero-order valence-corrected chi connectivity index (χ0v) is 13.7. The Kier molecular flexibility index (Phi) is 5.06. The Labute approximate surface area is 137 Å². The molecular weight excluding hydrogens is 322 g/mol. The fourth-order valence-corrected chi connectivity index (χ4v) is 2.75. The second-order valence-electron chi connectivity index (χ2n) is 5.42. The molecule has 130 valence electrons. The Bertz CT molecular complexity index is 693. The summed E-state index contributed by atoms with van der Waals surface area (Å²) in [5, 5.41) is 5.16. The van der Waals surface area contributed by atoms with Gasteiger partial charge in [-0.05, 0) is 49.6 Å². The number of amides is 2. The first-order valence-corrected chi connectivity index (χ1v) is 7.17. The molecule has 2 rings (SSSR count). The number of carbonyl (C=O) groups excluding carboxylic acids is 2. The Balaban J connectivity index is 2.51. The molecule has 1 aromatic carbocycles. The molecule has 0 bridgehead atoms. The Morgan fingerprint density at radius 3 is 2.29 bits per heavy atom. The number of carbonyl (C=O) groups is 2. The number of rotatable bonds is 4. The molecule has 0 saturated carbocycles. The van der Waals surface area contributed by atoms with E-state index in [1.165, 1.54) is 7.11 Å². The van der Waals surface area contributed by atoms with Gasteiger partial charge in [0.25, 0.3) is 0 Å². The highest BCUT2D eigenvalue weighted by molar-refractivity contribution is 5.95. The number of halogens is 2. The minimum Gasteiger partial charge on any atom is -0.466 e. The number of allylic oxidation sites excluding steroid dienone is 1. The zero-order valence-electron chi connectivity index (χ0n) is 13.7. The van der Waals surface area contributed by atoms with Gasteiger partial charge in [0, 0.05) is 5.70 Å². The number of benzene rings is 1. The summed E-state index contributed by atoms with van der Waals surface area (Å²) in [7, 11) is 1.24. The van der Waals surface area contributed by atoms with Crippen LogP contribution in [-0.4, -0.2) is 25.7 Å². The number of esters is 1. The van der Waals surface area contributed by atoms with Crippen LogP contribution in [0, 0.1) is 13.8 Å². The number of hydrogen-bond donors (Lipinski definition) is 2. The van der Waals surface area contributed by atoms with Gasteiger partial charge < -0.3 is 20.1 Å². The van der Waals surface area contributed by atoms with Crippen molar-refractivity contribution in [1.82, 2.24) is 10.6 Å². The van der Waals surface area contributed by atoms with Gasteiger partial charge in [0.15, 0.2) is 0 Å². The summed E-state index contributed by atoms with van der Waals surface area (Å²) in [4.78, 5) is 23.8. The standard InChI is InChI=1S/C16H18F2N2O4/c1-7-5-10(6-8(2)13(7)24-15(17)18)12-11(14(21)23-4)9(3)19-16(22)20-12/h5-6,12,15H,1-4H3,(H2,19,20,22)/t12-/m1/s1. The van der Waals surface area contributed by atoms with Crippen LogP contribution >= 0.6 is 0 Å². The van der Waals surface area contributed by atoms with Crippen LogP contribution in [-0.2, 0) is 9.53 Å². The van der Waals surface area contributed by atoms with Crippen molar-refractivity contribution in [2.24, 2.45) is 0 Å². The fraction of sp³-hybridized carbons (Fsp3) is 0.375. The second-order valence-corrected chi connectivity index (χ2v) is 5.42. The molecule has 0 fully saturated rings. The lowest BCUT2D eigenvalue weighted by atomic mass is 9.92. The molecule has 0 aromatic heterocycles. The van der Waals surface area contributed by atoms with E-state index in [2.05, 4.69) is 15.4 Å². The van der Waals surface area contributed by atoms with Gasteiger partial charge in [0.1, 0.15) is 5.75 Å². The number of ether oxygens (including phenoxy) is 2. The summed E-state index contributed by atoms with van der Waals surface area (Å²) in [5.74, 6) is -0.512. The van der Waals surface area contributed by atoms with Crippen LogP contribution < -0.4 is 15.4 Å². The van der Waals surface area contributed by atoms with Crippen molar-refractivity contribution < 1.29 is 27.8 Å². The average Bonchev–Trinajstić information content (AvgIpc) is 2.49. The minimum absolute atomic E-state index is 0.0781. The average molecular weight is 340 g/mol. The van der Waals surface area contributed by atoms with Crippen LogP contribution in [0.25, 0.3) is 0 Å². The third kappa shape index (κ3) is 3.47. The molecule has 0 aliphatic carbocycles. The summed E-state index contributed by atoms with van der Waals surface area (Å²) in [6, 6.07) is 1.98. The Morgan fingerprint density at radius 2 is 1.79 bits per heavy atom. The van der Waals surface area contributed by atoms with Crippen LogP contribution in [0.5, 0.6) is 5.75 Å². The summed E-state index contributed by atoms with van der Waals surface area (Å²) in [5.41, 5.74) is 2.14. The topological polar surface area (TPSA) is 76.7 Å². The molecule has 24 heavy (non-hydrogen) atoms. The molecule has 1 aromatic rings. The summed E-state index contributed by atoms with van der Waals surface area (Å²) < 4.78 is 34.3. The van der Waals surface area contributed by atoms with Gasteiger partial charge in [-0.2, -0.15) is 8.78 Å². The number of urea groups is 1. The lowest BCUT2D eigenvalue weighted by molar-refractivity contribution is -0.136. The smallest absolute Gasteiger partial charge is 0.387 e. The maximum atomic E-state index is 12.5. The van der Waals surface area contributed by atoms with Crippen molar-refractivity contribution in [3.05, 3.63) is 40.1 Å². The van der Waals surface area contributed by atoms with Crippen LogP contribution in [0.15, 0.2) is 23.4 Å². The van der Waals surface area contributed by atoms with Crippen molar-refractivity contribution in [1.29, 1.82) is 0 Å². The summed E-state index contributed by atoms with van der Waals surface area (Å²) >= 11 is 0. The van der Waals surface area contributed by atoms with Gasteiger partial charge in [-0.1, -0.05) is 0 Å². The Hall–Kier alpha value is -2.64. The predicted octanol–water partition coefficient (Wildman–Crippen LogP) is 2.71.